The first-order valence-electron chi connectivity index (χ1n) is 7.80. The molecule has 0 aliphatic carbocycles. The molecule has 0 aliphatic rings. The number of hydrazone groups is 1. The van der Waals surface area contributed by atoms with Gasteiger partial charge >= 0.3 is 0 Å². The Morgan fingerprint density at radius 3 is 2.17 bits per heavy atom. The highest BCUT2D eigenvalue weighted by molar-refractivity contribution is 6.00. The minimum Gasteiger partial charge on any atom is -0.494 e. The normalized spacial score (nSPS) is 11.2. The lowest BCUT2D eigenvalue weighted by Gasteiger charge is -2.05. The smallest absolute Gasteiger partial charge is 0.271 e. The number of ether oxygens (including phenoxy) is 1. The van der Waals surface area contributed by atoms with Gasteiger partial charge in [0.2, 0.25) is 0 Å². The highest BCUT2D eigenvalue weighted by atomic mass is 16.5. The van der Waals surface area contributed by atoms with Gasteiger partial charge in [-0.05, 0) is 55.7 Å². The molecule has 0 aliphatic heterocycles. The summed E-state index contributed by atoms with van der Waals surface area (Å²) in [5.41, 5.74) is 6.18. The fourth-order valence-electron chi connectivity index (χ4n) is 2.11. The fourth-order valence-corrected chi connectivity index (χ4v) is 2.11. The van der Waals surface area contributed by atoms with Gasteiger partial charge in [0.15, 0.2) is 0 Å². The van der Waals surface area contributed by atoms with E-state index < -0.39 is 0 Å². The van der Waals surface area contributed by atoms with E-state index in [1.54, 1.807) is 24.3 Å². The van der Waals surface area contributed by atoms with Crippen LogP contribution in [-0.4, -0.2) is 18.2 Å². The lowest BCUT2D eigenvalue weighted by molar-refractivity contribution is 0.0955. The van der Waals surface area contributed by atoms with E-state index >= 15 is 0 Å². The number of hydrogen-bond donors (Lipinski definition) is 1. The van der Waals surface area contributed by atoms with Crippen molar-refractivity contribution in [3.63, 3.8) is 0 Å². The van der Waals surface area contributed by atoms with Crippen molar-refractivity contribution in [1.29, 1.82) is 0 Å². The predicted molar refractivity (Wildman–Crippen MR) is 93.1 cm³/mol. The van der Waals surface area contributed by atoms with Crippen LogP contribution < -0.4 is 10.2 Å². The van der Waals surface area contributed by atoms with E-state index in [1.165, 1.54) is 5.56 Å². The van der Waals surface area contributed by atoms with E-state index in [2.05, 4.69) is 29.6 Å². The number of nitrogens with zero attached hydrogens (tertiary/aromatic N) is 1. The standard InChI is InChI=1S/C19H22N2O2/c1-4-15-6-8-16(9-7-15)14(3)20-21-19(22)17-10-12-18(13-11-17)23-5-2/h6-13H,4-5H2,1-3H3,(H,21,22). The number of hydrogen-bond acceptors (Lipinski definition) is 3. The van der Waals surface area contributed by atoms with Gasteiger partial charge in [-0.15, -0.1) is 0 Å². The summed E-state index contributed by atoms with van der Waals surface area (Å²) in [5.74, 6) is 0.511. The lowest BCUT2D eigenvalue weighted by Crippen LogP contribution is -2.19. The summed E-state index contributed by atoms with van der Waals surface area (Å²) in [5, 5.41) is 4.17. The summed E-state index contributed by atoms with van der Waals surface area (Å²) in [6.45, 7) is 6.52. The van der Waals surface area contributed by atoms with Crippen LogP contribution in [0, 0.1) is 0 Å². The monoisotopic (exact) mass is 310 g/mol. The van der Waals surface area contributed by atoms with Crippen molar-refractivity contribution in [3.05, 3.63) is 65.2 Å². The van der Waals surface area contributed by atoms with Crippen LogP contribution in [0.1, 0.15) is 42.3 Å². The number of aryl methyl sites for hydroxylation is 1. The molecule has 4 nitrogen and oxygen atoms in total. The average Bonchev–Trinajstić information content (AvgIpc) is 2.60. The number of amides is 1. The predicted octanol–water partition coefficient (Wildman–Crippen LogP) is 3.80. The van der Waals surface area contributed by atoms with Crippen molar-refractivity contribution in [2.45, 2.75) is 27.2 Å². The number of nitrogens with one attached hydrogen (secondary N) is 1. The van der Waals surface area contributed by atoms with Gasteiger partial charge in [0.25, 0.3) is 5.91 Å². The largest absolute Gasteiger partial charge is 0.494 e. The van der Waals surface area contributed by atoms with Crippen molar-refractivity contribution in [2.24, 2.45) is 5.10 Å². The van der Waals surface area contributed by atoms with Crippen LogP contribution in [-0.2, 0) is 6.42 Å². The molecule has 0 unspecified atom stereocenters. The minimum atomic E-state index is -0.238. The Morgan fingerprint density at radius 1 is 1.00 bits per heavy atom. The third-order valence-electron chi connectivity index (χ3n) is 3.53. The quantitative estimate of drug-likeness (QED) is 0.651. The zero-order chi connectivity index (χ0) is 16.7. The molecular formula is C19H22N2O2. The van der Waals surface area contributed by atoms with Gasteiger partial charge in [0.1, 0.15) is 5.75 Å². The zero-order valence-corrected chi connectivity index (χ0v) is 13.8. The molecule has 0 radical (unpaired) electrons. The van der Waals surface area contributed by atoms with E-state index in [9.17, 15) is 4.79 Å². The summed E-state index contributed by atoms with van der Waals surface area (Å²) in [6, 6.07) is 15.2. The summed E-state index contributed by atoms with van der Waals surface area (Å²) in [4.78, 5) is 12.1. The summed E-state index contributed by atoms with van der Waals surface area (Å²) < 4.78 is 5.36. The molecule has 120 valence electrons. The summed E-state index contributed by atoms with van der Waals surface area (Å²) in [7, 11) is 0. The summed E-state index contributed by atoms with van der Waals surface area (Å²) in [6.07, 6.45) is 1.00. The van der Waals surface area contributed by atoms with Gasteiger partial charge in [-0.2, -0.15) is 5.10 Å². The van der Waals surface area contributed by atoms with Crippen LogP contribution >= 0.6 is 0 Å². The van der Waals surface area contributed by atoms with E-state index in [-0.39, 0.29) is 5.91 Å². The molecule has 0 atom stereocenters. The molecule has 2 aromatic carbocycles. The first kappa shape index (κ1) is 16.7. The molecule has 0 saturated carbocycles. The van der Waals surface area contributed by atoms with Gasteiger partial charge in [-0.3, -0.25) is 4.79 Å². The molecule has 0 spiro atoms. The molecule has 0 bridgehead atoms. The van der Waals surface area contributed by atoms with Gasteiger partial charge in [-0.1, -0.05) is 31.2 Å². The molecule has 2 aromatic rings. The first-order valence-corrected chi connectivity index (χ1v) is 7.80. The maximum Gasteiger partial charge on any atom is 0.271 e. The maximum absolute atomic E-state index is 12.1. The Bertz CT molecular complexity index is 674. The van der Waals surface area contributed by atoms with E-state index in [0.29, 0.717) is 12.2 Å². The zero-order valence-electron chi connectivity index (χ0n) is 13.8. The second-order valence-electron chi connectivity index (χ2n) is 5.15. The van der Waals surface area contributed by atoms with Crippen molar-refractivity contribution in [1.82, 2.24) is 5.43 Å². The average molecular weight is 310 g/mol. The molecule has 4 heteroatoms. The molecule has 0 fully saturated rings. The fraction of sp³-hybridized carbons (Fsp3) is 0.263. The minimum absolute atomic E-state index is 0.238. The lowest BCUT2D eigenvalue weighted by atomic mass is 10.1. The van der Waals surface area contributed by atoms with Gasteiger partial charge in [0, 0.05) is 5.56 Å². The van der Waals surface area contributed by atoms with E-state index in [4.69, 9.17) is 4.74 Å². The number of carbonyl (C=O) groups excluding carboxylic acids is 1. The van der Waals surface area contributed by atoms with Crippen LogP contribution in [0.3, 0.4) is 0 Å². The highest BCUT2D eigenvalue weighted by Gasteiger charge is 2.05. The van der Waals surface area contributed by atoms with Crippen LogP contribution in [0.4, 0.5) is 0 Å². The van der Waals surface area contributed by atoms with Crippen molar-refractivity contribution < 1.29 is 9.53 Å². The van der Waals surface area contributed by atoms with Crippen LogP contribution in [0.15, 0.2) is 53.6 Å². The number of benzene rings is 2. The van der Waals surface area contributed by atoms with Gasteiger partial charge in [-0.25, -0.2) is 5.43 Å². The van der Waals surface area contributed by atoms with Gasteiger partial charge in [0.05, 0.1) is 12.3 Å². The highest BCUT2D eigenvalue weighted by Crippen LogP contribution is 2.12. The molecule has 23 heavy (non-hydrogen) atoms. The Kier molecular flexibility index (Phi) is 5.92. The number of carbonyl (C=O) groups is 1. The van der Waals surface area contributed by atoms with E-state index in [0.717, 1.165) is 23.4 Å². The molecule has 1 N–H and O–H groups in total. The molecule has 0 aromatic heterocycles. The molecule has 1 amide bonds. The molecule has 0 saturated heterocycles. The van der Waals surface area contributed by atoms with Crippen molar-refractivity contribution >= 4 is 11.6 Å². The first-order chi connectivity index (χ1) is 11.1. The SMILES string of the molecule is CCOc1ccc(C(=O)NN=C(C)c2ccc(CC)cc2)cc1. The summed E-state index contributed by atoms with van der Waals surface area (Å²) >= 11 is 0. The molecule has 0 heterocycles. The third-order valence-corrected chi connectivity index (χ3v) is 3.53. The second kappa shape index (κ2) is 8.13. The second-order valence-corrected chi connectivity index (χ2v) is 5.15. The Hall–Kier alpha value is -2.62. The van der Waals surface area contributed by atoms with Crippen molar-refractivity contribution in [2.75, 3.05) is 6.61 Å². The Morgan fingerprint density at radius 2 is 1.61 bits per heavy atom. The maximum atomic E-state index is 12.1. The Labute approximate surface area is 137 Å². The molecular weight excluding hydrogens is 288 g/mol. The van der Waals surface area contributed by atoms with E-state index in [1.807, 2.05) is 26.0 Å². The Balaban J connectivity index is 2.01. The van der Waals surface area contributed by atoms with Crippen LogP contribution in [0.2, 0.25) is 0 Å². The van der Waals surface area contributed by atoms with Gasteiger partial charge < -0.3 is 4.74 Å². The van der Waals surface area contributed by atoms with Crippen molar-refractivity contribution in [3.8, 4) is 5.75 Å². The third kappa shape index (κ3) is 4.68. The topological polar surface area (TPSA) is 50.7 Å². The number of rotatable bonds is 6. The molecule has 2 rings (SSSR count). The van der Waals surface area contributed by atoms with Crippen LogP contribution in [0.5, 0.6) is 5.75 Å². The van der Waals surface area contributed by atoms with Crippen LogP contribution in [0.25, 0.3) is 0 Å².